The van der Waals surface area contributed by atoms with E-state index in [-0.39, 0.29) is 12.7 Å². The molecule has 0 aliphatic heterocycles. The van der Waals surface area contributed by atoms with E-state index < -0.39 is 12.1 Å². The van der Waals surface area contributed by atoms with Crippen molar-refractivity contribution in [3.05, 3.63) is 12.2 Å². The lowest BCUT2D eigenvalue weighted by Gasteiger charge is -2.14. The van der Waals surface area contributed by atoms with E-state index in [1.54, 1.807) is 13.8 Å². The lowest BCUT2D eigenvalue weighted by Crippen LogP contribution is -2.22. The molecule has 2 atom stereocenters. The fraction of sp³-hybridized carbons (Fsp3) is 0.850. The highest BCUT2D eigenvalue weighted by Gasteiger charge is 2.04. The average Bonchev–Trinajstić information content (AvgIpc) is 2.68. The Bertz CT molecular complexity index is 401. The van der Waals surface area contributed by atoms with Crippen molar-refractivity contribution in [2.75, 3.05) is 79.3 Å². The van der Waals surface area contributed by atoms with E-state index in [9.17, 15) is 4.79 Å². The van der Waals surface area contributed by atoms with Crippen LogP contribution < -0.4 is 0 Å². The zero-order chi connectivity index (χ0) is 21.7. The maximum Gasteiger partial charge on any atom is 0.333 e. The van der Waals surface area contributed by atoms with Crippen LogP contribution in [0.4, 0.5) is 0 Å². The summed E-state index contributed by atoms with van der Waals surface area (Å²) < 4.78 is 37.1. The number of ether oxygens (including phenoxy) is 7. The largest absolute Gasteiger partial charge is 0.460 e. The molecule has 0 bridgehead atoms. The van der Waals surface area contributed by atoms with Crippen LogP contribution in [0.15, 0.2) is 12.2 Å². The molecule has 2 unspecified atom stereocenters. The predicted octanol–water partition coefficient (Wildman–Crippen LogP) is 0.975. The minimum absolute atomic E-state index is 0.0580. The summed E-state index contributed by atoms with van der Waals surface area (Å²) in [6.07, 6.45) is -0.526. The highest BCUT2D eigenvalue weighted by Crippen LogP contribution is 1.94. The van der Waals surface area contributed by atoms with Crippen molar-refractivity contribution in [1.82, 2.24) is 0 Å². The fourth-order valence-corrected chi connectivity index (χ4v) is 1.80. The summed E-state index contributed by atoms with van der Waals surface area (Å²) in [6, 6.07) is 0. The third kappa shape index (κ3) is 21.5. The molecule has 0 spiro atoms. The topological polar surface area (TPSA) is 102 Å². The molecule has 0 fully saturated rings. The molecular formula is C20H38O9. The van der Waals surface area contributed by atoms with Crippen molar-refractivity contribution >= 4 is 5.97 Å². The lowest BCUT2D eigenvalue weighted by molar-refractivity contribution is -0.140. The summed E-state index contributed by atoms with van der Waals surface area (Å²) in [5.41, 5.74) is 0.372. The number of aliphatic hydroxyl groups is 1. The van der Waals surface area contributed by atoms with E-state index in [4.69, 9.17) is 38.3 Å². The second-order valence-corrected chi connectivity index (χ2v) is 6.43. The molecule has 0 rings (SSSR count). The van der Waals surface area contributed by atoms with Crippen molar-refractivity contribution < 1.29 is 43.1 Å². The molecule has 0 aromatic heterocycles. The Kier molecular flexibility index (Phi) is 19.5. The molecule has 0 amide bonds. The zero-order valence-electron chi connectivity index (χ0n) is 18.1. The molecule has 9 nitrogen and oxygen atoms in total. The van der Waals surface area contributed by atoms with Crippen LogP contribution in [-0.2, 0) is 38.0 Å². The van der Waals surface area contributed by atoms with E-state index in [1.807, 2.05) is 6.92 Å². The molecule has 0 aliphatic rings. The van der Waals surface area contributed by atoms with E-state index >= 15 is 0 Å². The minimum Gasteiger partial charge on any atom is -0.460 e. The van der Waals surface area contributed by atoms with Gasteiger partial charge in [-0.25, -0.2) is 4.79 Å². The Hall–Kier alpha value is -1.07. The number of hydrogen-bond acceptors (Lipinski definition) is 9. The van der Waals surface area contributed by atoms with Crippen LogP contribution >= 0.6 is 0 Å². The van der Waals surface area contributed by atoms with Crippen molar-refractivity contribution in [3.8, 4) is 0 Å². The smallest absolute Gasteiger partial charge is 0.333 e. The third-order valence-corrected chi connectivity index (χ3v) is 3.27. The van der Waals surface area contributed by atoms with E-state index in [0.717, 1.165) is 0 Å². The van der Waals surface area contributed by atoms with Gasteiger partial charge in [-0.3, -0.25) is 0 Å². The Morgan fingerprint density at radius 3 is 1.59 bits per heavy atom. The van der Waals surface area contributed by atoms with Crippen LogP contribution in [0, 0.1) is 0 Å². The lowest BCUT2D eigenvalue weighted by atomic mass is 10.4. The second-order valence-electron chi connectivity index (χ2n) is 6.43. The molecule has 9 heteroatoms. The maximum absolute atomic E-state index is 11.1. The summed E-state index contributed by atoms with van der Waals surface area (Å²) in [6.45, 7) is 13.7. The van der Waals surface area contributed by atoms with Crippen molar-refractivity contribution in [3.63, 3.8) is 0 Å². The second kappa shape index (κ2) is 20.2. The first-order valence-corrected chi connectivity index (χ1v) is 9.94. The molecule has 1 N–H and O–H groups in total. The summed E-state index contributed by atoms with van der Waals surface area (Å²) in [5, 5.41) is 9.12. The van der Waals surface area contributed by atoms with Crippen LogP contribution in [0.3, 0.4) is 0 Å². The number of carbonyl (C=O) groups excluding carboxylic acids is 1. The molecule has 0 aromatic rings. The van der Waals surface area contributed by atoms with Gasteiger partial charge in [0.05, 0.1) is 84.9 Å². The fourth-order valence-electron chi connectivity index (χ4n) is 1.80. The first-order chi connectivity index (χ1) is 13.9. The van der Waals surface area contributed by atoms with Crippen LogP contribution in [0.5, 0.6) is 0 Å². The van der Waals surface area contributed by atoms with Gasteiger partial charge in [0.15, 0.2) is 0 Å². The summed E-state index contributed by atoms with van der Waals surface area (Å²) in [5.74, 6) is -0.411. The maximum atomic E-state index is 11.1. The van der Waals surface area contributed by atoms with E-state index in [0.29, 0.717) is 78.2 Å². The number of hydrogen-bond donors (Lipinski definition) is 1. The molecule has 0 heterocycles. The van der Waals surface area contributed by atoms with Gasteiger partial charge in [0.25, 0.3) is 0 Å². The van der Waals surface area contributed by atoms with Gasteiger partial charge in [0.2, 0.25) is 0 Å². The first-order valence-electron chi connectivity index (χ1n) is 9.94. The highest BCUT2D eigenvalue weighted by molar-refractivity contribution is 5.86. The van der Waals surface area contributed by atoms with Gasteiger partial charge in [-0.1, -0.05) is 6.58 Å². The third-order valence-electron chi connectivity index (χ3n) is 3.27. The Balaban J connectivity index is 3.15. The van der Waals surface area contributed by atoms with Gasteiger partial charge in [-0.05, 0) is 20.8 Å². The Morgan fingerprint density at radius 2 is 1.17 bits per heavy atom. The molecule has 172 valence electrons. The number of carbonyl (C=O) groups is 1. The minimum atomic E-state index is -0.468. The number of aliphatic hydroxyl groups excluding tert-OH is 1. The average molecular weight is 423 g/mol. The summed E-state index contributed by atoms with van der Waals surface area (Å²) in [4.78, 5) is 11.1. The van der Waals surface area contributed by atoms with E-state index in [2.05, 4.69) is 6.58 Å². The molecule has 29 heavy (non-hydrogen) atoms. The number of rotatable bonds is 21. The molecule has 0 aliphatic carbocycles. The SMILES string of the molecule is C=C(C)C(=O)OCCOCCOCCOCCOCCOCC(C)OCC(C)O. The van der Waals surface area contributed by atoms with Gasteiger partial charge in [-0.2, -0.15) is 0 Å². The standard InChI is InChI=1S/C20H38O9/c1-17(2)20(22)28-14-13-26-10-9-24-6-5-23-7-8-25-11-12-27-16-19(4)29-15-18(3)21/h18-19,21H,1,5-16H2,2-4H3. The van der Waals surface area contributed by atoms with Gasteiger partial charge in [0, 0.05) is 5.57 Å². The van der Waals surface area contributed by atoms with Crippen molar-refractivity contribution in [2.24, 2.45) is 0 Å². The molecule has 0 saturated carbocycles. The zero-order valence-corrected chi connectivity index (χ0v) is 18.1. The van der Waals surface area contributed by atoms with Crippen molar-refractivity contribution in [2.45, 2.75) is 33.0 Å². The summed E-state index contributed by atoms with van der Waals surface area (Å²) in [7, 11) is 0. The van der Waals surface area contributed by atoms with Crippen LogP contribution in [-0.4, -0.2) is 103 Å². The van der Waals surface area contributed by atoms with Gasteiger partial charge in [0.1, 0.15) is 6.61 Å². The van der Waals surface area contributed by atoms with Crippen LogP contribution in [0.2, 0.25) is 0 Å². The van der Waals surface area contributed by atoms with Gasteiger partial charge in [-0.15, -0.1) is 0 Å². The molecule has 0 aromatic carbocycles. The Labute approximate surface area is 174 Å². The van der Waals surface area contributed by atoms with Crippen LogP contribution in [0.1, 0.15) is 20.8 Å². The molecule has 0 radical (unpaired) electrons. The monoisotopic (exact) mass is 422 g/mol. The first kappa shape index (κ1) is 27.9. The number of esters is 1. The summed E-state index contributed by atoms with van der Waals surface area (Å²) >= 11 is 0. The van der Waals surface area contributed by atoms with E-state index in [1.165, 1.54) is 0 Å². The Morgan fingerprint density at radius 1 is 0.759 bits per heavy atom. The van der Waals surface area contributed by atoms with Crippen molar-refractivity contribution in [1.29, 1.82) is 0 Å². The highest BCUT2D eigenvalue weighted by atomic mass is 16.6. The predicted molar refractivity (Wildman–Crippen MR) is 107 cm³/mol. The normalized spacial score (nSPS) is 13.2. The van der Waals surface area contributed by atoms with Gasteiger partial charge < -0.3 is 38.3 Å². The molecular weight excluding hydrogens is 384 g/mol. The van der Waals surface area contributed by atoms with Gasteiger partial charge >= 0.3 is 5.97 Å². The quantitative estimate of drug-likeness (QED) is 0.165. The molecule has 0 saturated heterocycles. The van der Waals surface area contributed by atoms with Crippen LogP contribution in [0.25, 0.3) is 0 Å².